The number of amides is 8. The summed E-state index contributed by atoms with van der Waals surface area (Å²) in [6, 6.07) is -10.5. The summed E-state index contributed by atoms with van der Waals surface area (Å²) < 4.78 is 36.2. The van der Waals surface area contributed by atoms with Crippen LogP contribution in [-0.2, 0) is 48.8 Å². The summed E-state index contributed by atoms with van der Waals surface area (Å²) in [6.07, 6.45) is -19.6. The molecule has 0 aliphatic carbocycles. The minimum atomic E-state index is -5.32. The van der Waals surface area contributed by atoms with Crippen molar-refractivity contribution < 1.29 is 101 Å². The Hall–Kier alpha value is -5.83. The second-order valence-electron chi connectivity index (χ2n) is 16.0. The number of benzene rings is 1. The number of hydrogen-bond acceptors (Lipinski definition) is 20. The van der Waals surface area contributed by atoms with Gasteiger partial charge in [0.15, 0.2) is 17.7 Å². The minimum Gasteiger partial charge on any atom is -0.504 e. The molecule has 1 aromatic carbocycles. The molecule has 0 aromatic heterocycles. The van der Waals surface area contributed by atoms with Crippen LogP contribution < -0.4 is 36.5 Å². The molecule has 3 heterocycles. The van der Waals surface area contributed by atoms with Gasteiger partial charge in [-0.05, 0) is 24.6 Å². The van der Waals surface area contributed by atoms with Gasteiger partial charge in [-0.1, -0.05) is 13.0 Å². The zero-order valence-electron chi connectivity index (χ0n) is 34.8. The SMILES string of the molecule is CC(O)C1NC(=O)C(NC=O)CC(O)C(O)NC(=O)C2C(O)C(C)CN2C(=O)C(C(O)CC(N)=O)NC(=O)C(C(O)C(O)c2ccc(O)c(OS(=O)(=O)O)c2)NC(=O)C2CC(O)CN2C1=O. The number of aliphatic hydroxyl groups is 8. The Morgan fingerprint density at radius 1 is 0.879 bits per heavy atom. The van der Waals surface area contributed by atoms with Crippen molar-refractivity contribution in [3.05, 3.63) is 23.8 Å². The number of phenols is 1. The number of fused-ring (bicyclic) bond motifs is 2. The molecule has 66 heavy (non-hydrogen) atoms. The first kappa shape index (κ1) is 52.8. The number of phenolic OH excluding ortho intramolecular Hbond substituents is 1. The molecule has 1 aromatic rings. The van der Waals surface area contributed by atoms with E-state index in [-0.39, 0.29) is 6.41 Å². The van der Waals surface area contributed by atoms with E-state index in [0.717, 1.165) is 13.0 Å². The van der Waals surface area contributed by atoms with Crippen molar-refractivity contribution in [3.63, 3.8) is 0 Å². The Balaban J connectivity index is 1.90. The van der Waals surface area contributed by atoms with Crippen LogP contribution in [0, 0.1) is 5.92 Å². The van der Waals surface area contributed by atoms with Gasteiger partial charge in [0, 0.05) is 31.8 Å². The summed E-state index contributed by atoms with van der Waals surface area (Å²) in [5.41, 5.74) is 4.67. The van der Waals surface area contributed by atoms with Crippen LogP contribution in [0.2, 0.25) is 0 Å². The highest BCUT2D eigenvalue weighted by atomic mass is 32.3. The summed E-state index contributed by atoms with van der Waals surface area (Å²) in [6.45, 7) is 1.15. The molecule has 4 rings (SSSR count). The Morgan fingerprint density at radius 3 is 2.08 bits per heavy atom. The number of nitrogens with zero attached hydrogens (tertiary/aromatic N) is 2. The molecule has 15 unspecified atom stereocenters. The topological polar surface area (TPSA) is 475 Å². The number of primary amides is 1. The lowest BCUT2D eigenvalue weighted by Crippen LogP contribution is -2.64. The number of nitrogens with one attached hydrogen (secondary N) is 5. The molecule has 3 aliphatic rings. The first-order chi connectivity index (χ1) is 30.7. The zero-order chi connectivity index (χ0) is 49.7. The van der Waals surface area contributed by atoms with Crippen LogP contribution in [0.3, 0.4) is 0 Å². The van der Waals surface area contributed by atoms with Gasteiger partial charge in [0.1, 0.15) is 54.6 Å². The molecule has 29 nitrogen and oxygen atoms in total. The van der Waals surface area contributed by atoms with Gasteiger partial charge >= 0.3 is 10.4 Å². The molecule has 30 heteroatoms. The van der Waals surface area contributed by atoms with E-state index in [9.17, 15) is 92.7 Å². The van der Waals surface area contributed by atoms with Crippen LogP contribution in [-0.4, -0.2) is 209 Å². The monoisotopic (exact) mass is 964 g/mol. The second-order valence-corrected chi connectivity index (χ2v) is 17.0. The molecule has 15 atom stereocenters. The van der Waals surface area contributed by atoms with Crippen molar-refractivity contribution in [2.75, 3.05) is 13.1 Å². The fourth-order valence-electron chi connectivity index (χ4n) is 7.61. The van der Waals surface area contributed by atoms with Gasteiger partial charge in [0.2, 0.25) is 47.8 Å². The third kappa shape index (κ3) is 12.5. The highest BCUT2D eigenvalue weighted by Crippen LogP contribution is 2.32. The Morgan fingerprint density at radius 2 is 1.48 bits per heavy atom. The quantitative estimate of drug-likeness (QED) is 0.0723. The van der Waals surface area contributed by atoms with Crippen LogP contribution in [0.1, 0.15) is 44.8 Å². The Kier molecular flexibility index (Phi) is 17.3. The molecule has 17 N–H and O–H groups in total. The molecular weight excluding hydrogens is 912 g/mol. The molecule has 368 valence electrons. The average Bonchev–Trinajstić information content (AvgIpc) is 3.77. The van der Waals surface area contributed by atoms with Crippen LogP contribution in [0.4, 0.5) is 0 Å². The molecule has 0 bridgehead atoms. The van der Waals surface area contributed by atoms with E-state index in [1.165, 1.54) is 6.92 Å². The van der Waals surface area contributed by atoms with Crippen LogP contribution in [0.5, 0.6) is 11.5 Å². The zero-order valence-corrected chi connectivity index (χ0v) is 35.7. The number of aromatic hydroxyl groups is 1. The fraction of sp³-hybridized carbons (Fsp3) is 0.611. The van der Waals surface area contributed by atoms with Gasteiger partial charge in [0.05, 0.1) is 30.8 Å². The predicted octanol–water partition coefficient (Wildman–Crippen LogP) is -9.48. The number of carbonyl (C=O) groups is 8. The van der Waals surface area contributed by atoms with Gasteiger partial charge in [-0.2, -0.15) is 8.42 Å². The molecule has 0 radical (unpaired) electrons. The Labute approximate surface area is 373 Å². The van der Waals surface area contributed by atoms with Crippen molar-refractivity contribution in [1.29, 1.82) is 0 Å². The lowest BCUT2D eigenvalue weighted by atomic mass is 9.96. The fourth-order valence-corrected chi connectivity index (χ4v) is 7.97. The van der Waals surface area contributed by atoms with Gasteiger partial charge in [-0.25, -0.2) is 0 Å². The number of aliphatic hydroxyl groups excluding tert-OH is 8. The molecule has 3 saturated heterocycles. The standard InChI is InChI=1S/C36H52N8O21S/c1-12-9-44-26(27(12)52)34(59)42-32(57)20(50)7-16(38-11-45)30(55)39-23(13(2)46)35(60)43-10-15(47)6-17(43)31(56)41-25(33(58)40-24(36(44)61)19(49)8-22(37)51)29(54)28(53)14-3-4-18(48)21(5-14)65-66(62,63)64/h3-5,11-13,15-17,19-20,23-29,32,46-50,52-54,57H,6-10H2,1-2H3,(H2,37,51)(H,38,45)(H,39,55)(H,40,58)(H,41,56)(H,42,59)(H,62,63,64). The lowest BCUT2D eigenvalue weighted by Gasteiger charge is -2.34. The number of rotatable bonds is 11. The molecule has 8 amide bonds. The Bertz CT molecular complexity index is 2130. The summed E-state index contributed by atoms with van der Waals surface area (Å²) in [5.74, 6) is -12.7. The van der Waals surface area contributed by atoms with Crippen LogP contribution in [0.15, 0.2) is 18.2 Å². The predicted molar refractivity (Wildman–Crippen MR) is 213 cm³/mol. The lowest BCUT2D eigenvalue weighted by molar-refractivity contribution is -0.149. The summed E-state index contributed by atoms with van der Waals surface area (Å²) in [5, 5.41) is 108. The summed E-state index contributed by atoms with van der Waals surface area (Å²) >= 11 is 0. The number of carbonyl (C=O) groups excluding carboxylic acids is 8. The van der Waals surface area contributed by atoms with Crippen LogP contribution >= 0.6 is 0 Å². The third-order valence-corrected chi connectivity index (χ3v) is 11.4. The summed E-state index contributed by atoms with van der Waals surface area (Å²) in [7, 11) is -5.32. The first-order valence-corrected chi connectivity index (χ1v) is 21.3. The maximum absolute atomic E-state index is 14.4. The van der Waals surface area contributed by atoms with Crippen molar-refractivity contribution >= 4 is 58.2 Å². The smallest absolute Gasteiger partial charge is 0.446 e. The van der Waals surface area contributed by atoms with E-state index >= 15 is 0 Å². The molecule has 0 saturated carbocycles. The van der Waals surface area contributed by atoms with E-state index < -0.39 is 192 Å². The molecular formula is C36H52N8O21S. The third-order valence-electron chi connectivity index (χ3n) is 11.0. The van der Waals surface area contributed by atoms with Crippen molar-refractivity contribution in [2.24, 2.45) is 11.7 Å². The first-order valence-electron chi connectivity index (χ1n) is 19.9. The van der Waals surface area contributed by atoms with Crippen molar-refractivity contribution in [3.8, 4) is 11.5 Å². The maximum Gasteiger partial charge on any atom is 0.446 e. The van der Waals surface area contributed by atoms with E-state index in [1.54, 1.807) is 0 Å². The number of hydrogen-bond donors (Lipinski definition) is 16. The normalized spacial score (nSPS) is 31.7. The van der Waals surface area contributed by atoms with E-state index in [4.69, 9.17) is 10.3 Å². The highest BCUT2D eigenvalue weighted by molar-refractivity contribution is 7.81. The van der Waals surface area contributed by atoms with Crippen molar-refractivity contribution in [1.82, 2.24) is 36.4 Å². The number of nitrogens with two attached hydrogens (primary N) is 1. The van der Waals surface area contributed by atoms with Crippen molar-refractivity contribution in [2.45, 2.75) is 118 Å². The largest absolute Gasteiger partial charge is 0.504 e. The van der Waals surface area contributed by atoms with E-state index in [0.29, 0.717) is 21.9 Å². The molecule has 3 aliphatic heterocycles. The second kappa shape index (κ2) is 21.6. The van der Waals surface area contributed by atoms with Gasteiger partial charge in [0.25, 0.3) is 0 Å². The van der Waals surface area contributed by atoms with Gasteiger partial charge in [-0.3, -0.25) is 42.9 Å². The average molecular weight is 965 g/mol. The van der Waals surface area contributed by atoms with Gasteiger partial charge < -0.3 is 92.3 Å². The maximum atomic E-state index is 14.4. The van der Waals surface area contributed by atoms with Gasteiger partial charge in [-0.15, -0.1) is 0 Å². The summed E-state index contributed by atoms with van der Waals surface area (Å²) in [4.78, 5) is 109. The highest BCUT2D eigenvalue weighted by Gasteiger charge is 2.50. The van der Waals surface area contributed by atoms with E-state index in [2.05, 4.69) is 14.8 Å². The van der Waals surface area contributed by atoms with Crippen LogP contribution in [0.25, 0.3) is 0 Å². The van der Waals surface area contributed by atoms with E-state index in [1.807, 2.05) is 16.0 Å². The minimum absolute atomic E-state index is 0.00632. The molecule has 3 fully saturated rings. The molecule has 0 spiro atoms.